The summed E-state index contributed by atoms with van der Waals surface area (Å²) in [6.07, 6.45) is 2.82. The molecule has 122 valence electrons. The highest BCUT2D eigenvalue weighted by Gasteiger charge is 2.22. The molecule has 2 aromatic rings. The highest BCUT2D eigenvalue weighted by atomic mass is 16.6. The van der Waals surface area contributed by atoms with E-state index in [9.17, 15) is 14.9 Å². The smallest absolute Gasteiger partial charge is 0.307 e. The van der Waals surface area contributed by atoms with Gasteiger partial charge in [0, 0.05) is 0 Å². The zero-order valence-corrected chi connectivity index (χ0v) is 13.1. The fraction of sp³-hybridized carbons (Fsp3) is 0.333. The number of nitrogens with zero attached hydrogens (tertiary/aromatic N) is 3. The van der Waals surface area contributed by atoms with Crippen LogP contribution in [-0.4, -0.2) is 27.7 Å². The average Bonchev–Trinajstić information content (AvgIpc) is 2.98. The van der Waals surface area contributed by atoms with E-state index in [4.69, 9.17) is 4.74 Å². The monoisotopic (exact) mass is 318 g/mol. The summed E-state index contributed by atoms with van der Waals surface area (Å²) in [6, 6.07) is 4.80. The first-order valence-corrected chi connectivity index (χ1v) is 7.10. The van der Waals surface area contributed by atoms with Gasteiger partial charge in [-0.2, -0.15) is 5.10 Å². The number of nitrogens with one attached hydrogen (secondary N) is 1. The van der Waals surface area contributed by atoms with E-state index in [2.05, 4.69) is 10.4 Å². The van der Waals surface area contributed by atoms with Crippen molar-refractivity contribution in [3.63, 3.8) is 0 Å². The summed E-state index contributed by atoms with van der Waals surface area (Å²) in [6.45, 7) is 3.72. The molecule has 0 aliphatic rings. The number of methoxy groups -OCH3 is 1. The highest BCUT2D eigenvalue weighted by Crippen LogP contribution is 2.27. The number of hydrogen-bond acceptors (Lipinski definition) is 5. The van der Waals surface area contributed by atoms with E-state index < -0.39 is 11.0 Å². The number of rotatable bonds is 6. The second kappa shape index (κ2) is 6.91. The van der Waals surface area contributed by atoms with Gasteiger partial charge >= 0.3 is 5.69 Å². The van der Waals surface area contributed by atoms with Gasteiger partial charge in [-0.15, -0.1) is 0 Å². The molecular formula is C15H18N4O4. The summed E-state index contributed by atoms with van der Waals surface area (Å²) in [4.78, 5) is 22.7. The van der Waals surface area contributed by atoms with Crippen molar-refractivity contribution in [3.05, 3.63) is 46.3 Å². The van der Waals surface area contributed by atoms with E-state index in [-0.39, 0.29) is 11.6 Å². The molecule has 23 heavy (non-hydrogen) atoms. The Morgan fingerprint density at radius 2 is 2.26 bits per heavy atom. The summed E-state index contributed by atoms with van der Waals surface area (Å²) < 4.78 is 6.53. The summed E-state index contributed by atoms with van der Waals surface area (Å²) >= 11 is 0. The average molecular weight is 318 g/mol. The first-order valence-electron chi connectivity index (χ1n) is 7.10. The molecule has 0 aliphatic heterocycles. The molecule has 0 radical (unpaired) electrons. The number of anilines is 1. The number of carbonyl (C=O) groups is 1. The highest BCUT2D eigenvalue weighted by molar-refractivity contribution is 5.95. The quantitative estimate of drug-likeness (QED) is 0.652. The number of aryl methyl sites for hydroxylation is 1. The molecule has 8 nitrogen and oxygen atoms in total. The minimum absolute atomic E-state index is 0.149. The molecule has 2 rings (SSSR count). The summed E-state index contributed by atoms with van der Waals surface area (Å²) in [5.41, 5.74) is 1.38. The Balaban J connectivity index is 2.23. The van der Waals surface area contributed by atoms with E-state index >= 15 is 0 Å². The minimum atomic E-state index is -0.645. The molecule has 1 N–H and O–H groups in total. The molecule has 1 aromatic carbocycles. The molecule has 0 spiro atoms. The first-order chi connectivity index (χ1) is 11.0. The maximum atomic E-state index is 12.5. The molecule has 1 amide bonds. The molecule has 0 aliphatic carbocycles. The molecule has 0 saturated carbocycles. The van der Waals surface area contributed by atoms with Gasteiger partial charge in [0.25, 0.3) is 0 Å². The predicted molar refractivity (Wildman–Crippen MR) is 84.6 cm³/mol. The number of hydrogen-bond donors (Lipinski definition) is 1. The van der Waals surface area contributed by atoms with E-state index in [0.29, 0.717) is 17.9 Å². The van der Waals surface area contributed by atoms with Crippen molar-refractivity contribution < 1.29 is 14.5 Å². The Kier molecular flexibility index (Phi) is 4.95. The van der Waals surface area contributed by atoms with Gasteiger partial charge in [-0.05, 0) is 31.0 Å². The van der Waals surface area contributed by atoms with E-state index in [1.165, 1.54) is 18.0 Å². The number of aromatic nitrogens is 2. The number of nitro groups is 1. The largest absolute Gasteiger partial charge is 0.495 e. The van der Waals surface area contributed by atoms with Gasteiger partial charge in [-0.25, -0.2) is 0 Å². The van der Waals surface area contributed by atoms with Crippen molar-refractivity contribution in [3.8, 4) is 5.75 Å². The van der Waals surface area contributed by atoms with Crippen LogP contribution in [0.3, 0.4) is 0 Å². The fourth-order valence-electron chi connectivity index (χ4n) is 2.22. The molecule has 1 atom stereocenters. The lowest BCUT2D eigenvalue weighted by atomic mass is 10.1. The molecule has 0 bridgehead atoms. The van der Waals surface area contributed by atoms with Crippen LogP contribution in [0.1, 0.15) is 24.9 Å². The van der Waals surface area contributed by atoms with Crippen LogP contribution >= 0.6 is 0 Å². The van der Waals surface area contributed by atoms with Gasteiger partial charge in [0.15, 0.2) is 0 Å². The van der Waals surface area contributed by atoms with Gasteiger partial charge in [0.2, 0.25) is 5.91 Å². The van der Waals surface area contributed by atoms with Gasteiger partial charge < -0.3 is 10.1 Å². The van der Waals surface area contributed by atoms with Crippen molar-refractivity contribution >= 4 is 17.3 Å². The van der Waals surface area contributed by atoms with E-state index in [1.54, 1.807) is 12.1 Å². The Morgan fingerprint density at radius 1 is 1.52 bits per heavy atom. The van der Waals surface area contributed by atoms with Crippen molar-refractivity contribution in [1.29, 1.82) is 0 Å². The number of carbonyl (C=O) groups excluding carboxylic acids is 1. The van der Waals surface area contributed by atoms with Crippen molar-refractivity contribution in [2.75, 3.05) is 12.4 Å². The number of amides is 1. The van der Waals surface area contributed by atoms with E-state index in [0.717, 1.165) is 11.8 Å². The van der Waals surface area contributed by atoms with Crippen LogP contribution in [0.25, 0.3) is 0 Å². The van der Waals surface area contributed by atoms with Gasteiger partial charge in [0.1, 0.15) is 24.2 Å². The Labute approximate surface area is 133 Å². The van der Waals surface area contributed by atoms with Crippen LogP contribution < -0.4 is 10.1 Å². The second-order valence-electron chi connectivity index (χ2n) is 5.05. The normalized spacial score (nSPS) is 11.8. The molecule has 1 aromatic heterocycles. The summed E-state index contributed by atoms with van der Waals surface area (Å²) in [5, 5.41) is 17.5. The standard InChI is InChI=1S/C15H18N4O4/c1-4-13(18-9-11(8-16-18)19(21)22)15(20)17-12-7-10(2)5-6-14(12)23-3/h5-9,13H,4H2,1-3H3,(H,17,20). The topological polar surface area (TPSA) is 99.3 Å². The lowest BCUT2D eigenvalue weighted by Gasteiger charge is -2.17. The van der Waals surface area contributed by atoms with Crippen molar-refractivity contribution in [1.82, 2.24) is 9.78 Å². The van der Waals surface area contributed by atoms with E-state index in [1.807, 2.05) is 19.9 Å². The van der Waals surface area contributed by atoms with Crippen LogP contribution in [0.2, 0.25) is 0 Å². The third kappa shape index (κ3) is 3.65. The second-order valence-corrected chi connectivity index (χ2v) is 5.05. The zero-order chi connectivity index (χ0) is 17.0. The first kappa shape index (κ1) is 16.5. The molecule has 0 saturated heterocycles. The Morgan fingerprint density at radius 3 is 2.83 bits per heavy atom. The third-order valence-corrected chi connectivity index (χ3v) is 3.42. The van der Waals surface area contributed by atoms with Crippen molar-refractivity contribution in [2.24, 2.45) is 0 Å². The van der Waals surface area contributed by atoms with Gasteiger partial charge in [-0.1, -0.05) is 13.0 Å². The number of benzene rings is 1. The van der Waals surface area contributed by atoms with Crippen LogP contribution in [0.15, 0.2) is 30.6 Å². The summed E-state index contributed by atoms with van der Waals surface area (Å²) in [5.74, 6) is 0.236. The molecular weight excluding hydrogens is 300 g/mol. The Hall–Kier alpha value is -2.90. The maximum Gasteiger partial charge on any atom is 0.307 e. The molecule has 1 unspecified atom stereocenters. The molecule has 0 fully saturated rings. The molecule has 8 heteroatoms. The third-order valence-electron chi connectivity index (χ3n) is 3.42. The lowest BCUT2D eigenvalue weighted by molar-refractivity contribution is -0.385. The lowest BCUT2D eigenvalue weighted by Crippen LogP contribution is -2.26. The van der Waals surface area contributed by atoms with Crippen molar-refractivity contribution in [2.45, 2.75) is 26.3 Å². The number of ether oxygens (including phenoxy) is 1. The maximum absolute atomic E-state index is 12.5. The Bertz CT molecular complexity index is 726. The molecule has 1 heterocycles. The van der Waals surface area contributed by atoms with Gasteiger partial charge in [0.05, 0.1) is 17.7 Å². The SMILES string of the molecule is CCC(C(=O)Nc1cc(C)ccc1OC)n1cc([N+](=O)[O-])cn1. The fourth-order valence-corrected chi connectivity index (χ4v) is 2.22. The van der Waals surface area contributed by atoms with Gasteiger partial charge in [-0.3, -0.25) is 19.6 Å². The predicted octanol–water partition coefficient (Wildman–Crippen LogP) is 2.70. The minimum Gasteiger partial charge on any atom is -0.495 e. The van der Waals surface area contributed by atoms with Crippen LogP contribution in [0.5, 0.6) is 5.75 Å². The van der Waals surface area contributed by atoms with Crippen LogP contribution in [0.4, 0.5) is 11.4 Å². The summed E-state index contributed by atoms with van der Waals surface area (Å²) in [7, 11) is 1.52. The van der Waals surface area contributed by atoms with Crippen LogP contribution in [-0.2, 0) is 4.79 Å². The zero-order valence-electron chi connectivity index (χ0n) is 13.1. The van der Waals surface area contributed by atoms with Crippen LogP contribution in [0, 0.1) is 17.0 Å².